The van der Waals surface area contributed by atoms with E-state index >= 15 is 0 Å². The zero-order valence-electron chi connectivity index (χ0n) is 14.1. The van der Waals surface area contributed by atoms with E-state index < -0.39 is 0 Å². The first-order valence-corrected chi connectivity index (χ1v) is 8.57. The third-order valence-electron chi connectivity index (χ3n) is 4.43. The fraction of sp³-hybridized carbons (Fsp3) is 0.389. The second-order valence-electron chi connectivity index (χ2n) is 6.15. The first kappa shape index (κ1) is 16.0. The van der Waals surface area contributed by atoms with E-state index in [2.05, 4.69) is 33.0 Å². The summed E-state index contributed by atoms with van der Waals surface area (Å²) in [6.07, 6.45) is 3.10. The number of rotatable bonds is 4. The van der Waals surface area contributed by atoms with E-state index in [1.54, 1.807) is 16.6 Å². The number of halogens is 1. The highest BCUT2D eigenvalue weighted by Crippen LogP contribution is 2.28. The Morgan fingerprint density at radius 3 is 3.04 bits per heavy atom. The van der Waals surface area contributed by atoms with Gasteiger partial charge < -0.3 is 9.64 Å². The lowest BCUT2D eigenvalue weighted by molar-refractivity contribution is 0.0371. The molecular weight excluding hydrogens is 321 g/mol. The zero-order valence-corrected chi connectivity index (χ0v) is 14.1. The molecule has 1 aliphatic rings. The highest BCUT2D eigenvalue weighted by atomic mass is 19.1. The molecule has 0 bridgehead atoms. The number of ether oxygens (including phenoxy) is 1. The number of nitrogens with zero attached hydrogens (tertiary/aromatic N) is 5. The quantitative estimate of drug-likeness (QED) is 0.730. The van der Waals surface area contributed by atoms with Crippen molar-refractivity contribution in [2.45, 2.75) is 25.9 Å². The third kappa shape index (κ3) is 3.07. The van der Waals surface area contributed by atoms with Crippen molar-refractivity contribution in [3.05, 3.63) is 53.7 Å². The monoisotopic (exact) mass is 341 g/mol. The number of morpholine rings is 1. The Hall–Kier alpha value is -2.54. The molecule has 0 unspecified atom stereocenters. The van der Waals surface area contributed by atoms with Crippen molar-refractivity contribution < 1.29 is 9.13 Å². The van der Waals surface area contributed by atoms with Gasteiger partial charge in [0, 0.05) is 30.4 Å². The van der Waals surface area contributed by atoms with Gasteiger partial charge in [-0.25, -0.2) is 9.37 Å². The van der Waals surface area contributed by atoms with Crippen LogP contribution in [0.5, 0.6) is 0 Å². The second-order valence-corrected chi connectivity index (χ2v) is 6.15. The number of hydrogen-bond donors (Lipinski definition) is 0. The van der Waals surface area contributed by atoms with Crippen LogP contribution >= 0.6 is 0 Å². The molecular formula is C18H20FN5O. The summed E-state index contributed by atoms with van der Waals surface area (Å²) in [7, 11) is 0. The van der Waals surface area contributed by atoms with E-state index in [1.165, 1.54) is 12.4 Å². The van der Waals surface area contributed by atoms with E-state index in [9.17, 15) is 4.39 Å². The van der Waals surface area contributed by atoms with Crippen molar-refractivity contribution in [1.82, 2.24) is 19.6 Å². The summed E-state index contributed by atoms with van der Waals surface area (Å²) in [6.45, 7) is 3.93. The summed E-state index contributed by atoms with van der Waals surface area (Å²) in [5, 5.41) is 4.30. The van der Waals surface area contributed by atoms with Crippen LogP contribution in [0.2, 0.25) is 0 Å². The molecule has 1 aliphatic heterocycles. The second kappa shape index (κ2) is 6.76. The molecule has 3 heterocycles. The minimum absolute atomic E-state index is 0.235. The Kier molecular flexibility index (Phi) is 4.31. The smallest absolute Gasteiger partial charge is 0.254 e. The van der Waals surface area contributed by atoms with Crippen molar-refractivity contribution in [2.75, 3.05) is 24.6 Å². The summed E-state index contributed by atoms with van der Waals surface area (Å²) in [5.74, 6) is 1.28. The van der Waals surface area contributed by atoms with Crippen LogP contribution in [0.3, 0.4) is 0 Å². The molecule has 1 saturated heterocycles. The van der Waals surface area contributed by atoms with Gasteiger partial charge in [-0.05, 0) is 12.5 Å². The van der Waals surface area contributed by atoms with Gasteiger partial charge in [0.15, 0.2) is 0 Å². The molecule has 130 valence electrons. The molecule has 0 N–H and O–H groups in total. The summed E-state index contributed by atoms with van der Waals surface area (Å²) in [6, 6.07) is 8.83. The molecule has 0 amide bonds. The molecule has 1 atom stereocenters. The molecule has 0 radical (unpaired) electrons. The average molecular weight is 341 g/mol. The van der Waals surface area contributed by atoms with E-state index in [0.717, 1.165) is 30.9 Å². The van der Waals surface area contributed by atoms with Gasteiger partial charge in [-0.1, -0.05) is 31.5 Å². The Bertz CT molecular complexity index is 881. The number of anilines is 1. The lowest BCUT2D eigenvalue weighted by Crippen LogP contribution is -2.39. The van der Waals surface area contributed by atoms with E-state index in [4.69, 9.17) is 4.74 Å². The molecule has 6 nitrogen and oxygen atoms in total. The van der Waals surface area contributed by atoms with E-state index in [0.29, 0.717) is 24.5 Å². The molecule has 2 aromatic heterocycles. The van der Waals surface area contributed by atoms with Crippen LogP contribution in [-0.4, -0.2) is 39.3 Å². The number of aryl methyl sites for hydroxylation is 1. The molecule has 0 aliphatic carbocycles. The maximum absolute atomic E-state index is 14.1. The van der Waals surface area contributed by atoms with Crippen LogP contribution in [0.4, 0.5) is 10.2 Å². The van der Waals surface area contributed by atoms with Crippen LogP contribution in [-0.2, 0) is 11.2 Å². The van der Waals surface area contributed by atoms with Gasteiger partial charge in [0.2, 0.25) is 0 Å². The van der Waals surface area contributed by atoms with Gasteiger partial charge >= 0.3 is 0 Å². The van der Waals surface area contributed by atoms with Crippen LogP contribution in [0.15, 0.2) is 36.7 Å². The number of fused-ring (bicyclic) bond motifs is 1. The lowest BCUT2D eigenvalue weighted by atomic mass is 10.1. The van der Waals surface area contributed by atoms with Crippen molar-refractivity contribution in [1.29, 1.82) is 0 Å². The summed E-state index contributed by atoms with van der Waals surface area (Å²) < 4.78 is 21.7. The highest BCUT2D eigenvalue weighted by molar-refractivity contribution is 5.48. The molecule has 25 heavy (non-hydrogen) atoms. The SMILES string of the molecule is CCCc1cc(N2CCO[C@H](c3ccccc3F)C2)n2ncnc2n1. The number of aromatic nitrogens is 4. The van der Waals surface area contributed by atoms with Gasteiger partial charge in [0.25, 0.3) is 5.78 Å². The van der Waals surface area contributed by atoms with Gasteiger partial charge in [0.05, 0.1) is 6.61 Å². The molecule has 4 rings (SSSR count). The van der Waals surface area contributed by atoms with Gasteiger partial charge in [-0.3, -0.25) is 0 Å². The molecule has 7 heteroatoms. The first-order valence-electron chi connectivity index (χ1n) is 8.57. The van der Waals surface area contributed by atoms with Crippen LogP contribution in [0.1, 0.15) is 30.7 Å². The number of hydrogen-bond acceptors (Lipinski definition) is 5. The Morgan fingerprint density at radius 2 is 2.20 bits per heavy atom. The summed E-state index contributed by atoms with van der Waals surface area (Å²) >= 11 is 0. The molecule has 3 aromatic rings. The largest absolute Gasteiger partial charge is 0.370 e. The lowest BCUT2D eigenvalue weighted by Gasteiger charge is -2.34. The van der Waals surface area contributed by atoms with E-state index in [-0.39, 0.29) is 11.9 Å². The van der Waals surface area contributed by atoms with Crippen molar-refractivity contribution in [3.8, 4) is 0 Å². The van der Waals surface area contributed by atoms with Crippen LogP contribution in [0, 0.1) is 5.82 Å². The van der Waals surface area contributed by atoms with Crippen molar-refractivity contribution >= 4 is 11.6 Å². The minimum Gasteiger partial charge on any atom is -0.370 e. The van der Waals surface area contributed by atoms with Crippen LogP contribution < -0.4 is 4.90 Å². The zero-order chi connectivity index (χ0) is 17.2. The standard InChI is InChI=1S/C18H20FN5O/c1-2-5-13-10-17(24-18(22-13)20-12-21-24)23-8-9-25-16(11-23)14-6-3-4-7-15(14)19/h3-4,6-7,10,12,16H,2,5,8-9,11H2,1H3/t16-/m0/s1. The Balaban J connectivity index is 1.68. The first-order chi connectivity index (χ1) is 12.3. The topological polar surface area (TPSA) is 55.6 Å². The van der Waals surface area contributed by atoms with Crippen LogP contribution in [0.25, 0.3) is 5.78 Å². The third-order valence-corrected chi connectivity index (χ3v) is 4.43. The molecule has 0 saturated carbocycles. The van der Waals surface area contributed by atoms with Gasteiger partial charge in [-0.15, -0.1) is 0 Å². The Morgan fingerprint density at radius 1 is 1.32 bits per heavy atom. The maximum atomic E-state index is 14.1. The number of benzene rings is 1. The Labute approximate surface area is 145 Å². The van der Waals surface area contributed by atoms with Crippen molar-refractivity contribution in [3.63, 3.8) is 0 Å². The molecule has 1 fully saturated rings. The van der Waals surface area contributed by atoms with Gasteiger partial charge in [-0.2, -0.15) is 14.6 Å². The molecule has 0 spiro atoms. The van der Waals surface area contributed by atoms with E-state index in [1.807, 2.05) is 6.07 Å². The summed E-state index contributed by atoms with van der Waals surface area (Å²) in [4.78, 5) is 10.9. The fourth-order valence-corrected chi connectivity index (χ4v) is 3.24. The molecule has 1 aromatic carbocycles. The fourth-order valence-electron chi connectivity index (χ4n) is 3.24. The summed E-state index contributed by atoms with van der Waals surface area (Å²) in [5.41, 5.74) is 1.58. The predicted molar refractivity (Wildman–Crippen MR) is 92.1 cm³/mol. The highest BCUT2D eigenvalue weighted by Gasteiger charge is 2.26. The maximum Gasteiger partial charge on any atom is 0.254 e. The predicted octanol–water partition coefficient (Wildman–Crippen LogP) is 2.79. The average Bonchev–Trinajstić information content (AvgIpc) is 3.10. The minimum atomic E-state index is -0.309. The van der Waals surface area contributed by atoms with Gasteiger partial charge in [0.1, 0.15) is 24.1 Å². The normalized spacial score (nSPS) is 18.0. The van der Waals surface area contributed by atoms with Crippen molar-refractivity contribution in [2.24, 2.45) is 0 Å².